The van der Waals surface area contributed by atoms with Crippen molar-refractivity contribution in [2.75, 3.05) is 6.54 Å². The Hall–Kier alpha value is -0.850. The highest BCUT2D eigenvalue weighted by Gasteiger charge is 2.10. The van der Waals surface area contributed by atoms with Gasteiger partial charge in [0.25, 0.3) is 0 Å². The number of hydrogen-bond acceptors (Lipinski definition) is 2. The summed E-state index contributed by atoms with van der Waals surface area (Å²) in [6, 6.07) is 10.5. The van der Waals surface area contributed by atoms with Crippen LogP contribution in [0.25, 0.3) is 0 Å². The van der Waals surface area contributed by atoms with Gasteiger partial charge in [-0.3, -0.25) is 0 Å². The van der Waals surface area contributed by atoms with E-state index in [1.165, 1.54) is 5.56 Å². The number of nitrogens with zero attached hydrogens (tertiary/aromatic N) is 1. The van der Waals surface area contributed by atoms with Crippen molar-refractivity contribution in [3.05, 3.63) is 34.3 Å². The molecule has 1 unspecified atom stereocenters. The van der Waals surface area contributed by atoms with E-state index < -0.39 is 0 Å². The summed E-state index contributed by atoms with van der Waals surface area (Å²) in [5.74, 6) is 0.498. The molecule has 0 saturated carbocycles. The third kappa shape index (κ3) is 4.34. The van der Waals surface area contributed by atoms with Gasteiger partial charge in [0.1, 0.15) is 0 Å². The van der Waals surface area contributed by atoms with Crippen molar-refractivity contribution in [1.29, 1.82) is 5.26 Å². The summed E-state index contributed by atoms with van der Waals surface area (Å²) in [7, 11) is 0. The average molecular weight is 281 g/mol. The lowest BCUT2D eigenvalue weighted by Crippen LogP contribution is -2.24. The minimum absolute atomic E-state index is 0.0930. The average Bonchev–Trinajstić information content (AvgIpc) is 2.26. The number of benzene rings is 1. The molecule has 1 atom stereocenters. The molecule has 0 heterocycles. The van der Waals surface area contributed by atoms with Gasteiger partial charge >= 0.3 is 0 Å². The maximum Gasteiger partial charge on any atom is 0.0671 e. The molecule has 1 rings (SSSR count). The Morgan fingerprint density at radius 2 is 1.94 bits per heavy atom. The standard InChI is InChI=1S/C13H17BrN2/c1-10(2)12(7-15)9-16-8-11-3-5-13(14)6-4-11/h3-6,10,12,16H,8-9H2,1-2H3. The number of hydrogen-bond donors (Lipinski definition) is 1. The number of nitrogens with one attached hydrogen (secondary N) is 1. The van der Waals surface area contributed by atoms with Crippen molar-refractivity contribution in [2.24, 2.45) is 11.8 Å². The molecule has 0 spiro atoms. The van der Waals surface area contributed by atoms with Crippen molar-refractivity contribution in [1.82, 2.24) is 5.32 Å². The topological polar surface area (TPSA) is 35.8 Å². The van der Waals surface area contributed by atoms with Gasteiger partial charge in [-0.15, -0.1) is 0 Å². The van der Waals surface area contributed by atoms with Crippen LogP contribution < -0.4 is 5.32 Å². The van der Waals surface area contributed by atoms with Gasteiger partial charge in [0.05, 0.1) is 12.0 Å². The Balaban J connectivity index is 2.36. The fraction of sp³-hybridized carbons (Fsp3) is 0.462. The van der Waals surface area contributed by atoms with Crippen LogP contribution in [0, 0.1) is 23.2 Å². The van der Waals surface area contributed by atoms with Crippen LogP contribution in [-0.2, 0) is 6.54 Å². The quantitative estimate of drug-likeness (QED) is 0.898. The predicted octanol–water partition coefficient (Wildman–Crippen LogP) is 3.33. The van der Waals surface area contributed by atoms with Crippen LogP contribution in [0.1, 0.15) is 19.4 Å². The minimum atomic E-state index is 0.0930. The fourth-order valence-electron chi connectivity index (χ4n) is 1.40. The van der Waals surface area contributed by atoms with Gasteiger partial charge in [-0.1, -0.05) is 41.9 Å². The summed E-state index contributed by atoms with van der Waals surface area (Å²) in [5, 5.41) is 12.2. The van der Waals surface area contributed by atoms with E-state index in [2.05, 4.69) is 53.3 Å². The lowest BCUT2D eigenvalue weighted by atomic mass is 9.97. The lowest BCUT2D eigenvalue weighted by molar-refractivity contribution is 0.442. The van der Waals surface area contributed by atoms with Crippen molar-refractivity contribution in [3.63, 3.8) is 0 Å². The Bertz CT molecular complexity index is 351. The molecule has 16 heavy (non-hydrogen) atoms. The minimum Gasteiger partial charge on any atom is -0.311 e. The molecule has 0 aliphatic heterocycles. The number of halogens is 1. The molecule has 0 aromatic heterocycles. The van der Waals surface area contributed by atoms with Crippen LogP contribution in [-0.4, -0.2) is 6.54 Å². The lowest BCUT2D eigenvalue weighted by Gasteiger charge is -2.13. The Labute approximate surface area is 106 Å². The van der Waals surface area contributed by atoms with Crippen LogP contribution in [0.3, 0.4) is 0 Å². The molecular weight excluding hydrogens is 264 g/mol. The van der Waals surface area contributed by atoms with E-state index in [1.807, 2.05) is 12.1 Å². The molecule has 0 radical (unpaired) electrons. The molecule has 0 amide bonds. The second kappa shape index (κ2) is 6.67. The first kappa shape index (κ1) is 13.2. The van der Waals surface area contributed by atoms with E-state index in [1.54, 1.807) is 0 Å². The molecule has 1 aromatic carbocycles. The summed E-state index contributed by atoms with van der Waals surface area (Å²) in [6.07, 6.45) is 0. The second-order valence-electron chi connectivity index (χ2n) is 4.24. The van der Waals surface area contributed by atoms with E-state index in [0.29, 0.717) is 5.92 Å². The smallest absolute Gasteiger partial charge is 0.0671 e. The highest BCUT2D eigenvalue weighted by atomic mass is 79.9. The molecule has 0 aliphatic rings. The van der Waals surface area contributed by atoms with Gasteiger partial charge in [0.15, 0.2) is 0 Å². The van der Waals surface area contributed by atoms with Gasteiger partial charge in [0, 0.05) is 17.6 Å². The highest BCUT2D eigenvalue weighted by Crippen LogP contribution is 2.11. The molecule has 0 bridgehead atoms. The van der Waals surface area contributed by atoms with Crippen molar-refractivity contribution in [2.45, 2.75) is 20.4 Å². The van der Waals surface area contributed by atoms with Crippen LogP contribution in [0.15, 0.2) is 28.7 Å². The van der Waals surface area contributed by atoms with E-state index in [9.17, 15) is 0 Å². The van der Waals surface area contributed by atoms with Gasteiger partial charge in [-0.25, -0.2) is 0 Å². The van der Waals surface area contributed by atoms with Gasteiger partial charge in [0.2, 0.25) is 0 Å². The second-order valence-corrected chi connectivity index (χ2v) is 5.15. The predicted molar refractivity (Wildman–Crippen MR) is 69.8 cm³/mol. The number of nitriles is 1. The van der Waals surface area contributed by atoms with Gasteiger partial charge in [-0.2, -0.15) is 5.26 Å². The van der Waals surface area contributed by atoms with Crippen LogP contribution >= 0.6 is 15.9 Å². The maximum absolute atomic E-state index is 8.93. The van der Waals surface area contributed by atoms with Crippen molar-refractivity contribution >= 4 is 15.9 Å². The maximum atomic E-state index is 8.93. The molecule has 1 aromatic rings. The molecule has 0 fully saturated rings. The summed E-state index contributed by atoms with van der Waals surface area (Å²) >= 11 is 3.40. The van der Waals surface area contributed by atoms with Crippen LogP contribution in [0.4, 0.5) is 0 Å². The molecule has 0 aliphatic carbocycles. The normalized spacial score (nSPS) is 12.4. The van der Waals surface area contributed by atoms with E-state index >= 15 is 0 Å². The summed E-state index contributed by atoms with van der Waals surface area (Å²) in [4.78, 5) is 0. The third-order valence-electron chi connectivity index (χ3n) is 2.58. The molecule has 3 heteroatoms. The van der Waals surface area contributed by atoms with Crippen LogP contribution in [0.5, 0.6) is 0 Å². The van der Waals surface area contributed by atoms with E-state index in [-0.39, 0.29) is 5.92 Å². The number of rotatable bonds is 5. The zero-order valence-electron chi connectivity index (χ0n) is 9.70. The molecule has 86 valence electrons. The molecule has 2 nitrogen and oxygen atoms in total. The Kier molecular flexibility index (Phi) is 5.51. The van der Waals surface area contributed by atoms with Gasteiger partial charge in [-0.05, 0) is 23.6 Å². The monoisotopic (exact) mass is 280 g/mol. The highest BCUT2D eigenvalue weighted by molar-refractivity contribution is 9.10. The Morgan fingerprint density at radius 1 is 1.31 bits per heavy atom. The third-order valence-corrected chi connectivity index (χ3v) is 3.11. The fourth-order valence-corrected chi connectivity index (χ4v) is 1.67. The summed E-state index contributed by atoms with van der Waals surface area (Å²) in [6.45, 7) is 5.73. The first-order valence-corrected chi connectivity index (χ1v) is 6.27. The first-order valence-electron chi connectivity index (χ1n) is 5.48. The van der Waals surface area contributed by atoms with Crippen molar-refractivity contribution in [3.8, 4) is 6.07 Å². The molecule has 1 N–H and O–H groups in total. The molecule has 0 saturated heterocycles. The first-order chi connectivity index (χ1) is 7.63. The zero-order valence-corrected chi connectivity index (χ0v) is 11.3. The van der Waals surface area contributed by atoms with Crippen LogP contribution in [0.2, 0.25) is 0 Å². The summed E-state index contributed by atoms with van der Waals surface area (Å²) < 4.78 is 1.09. The largest absolute Gasteiger partial charge is 0.311 e. The van der Waals surface area contributed by atoms with E-state index in [4.69, 9.17) is 5.26 Å². The van der Waals surface area contributed by atoms with E-state index in [0.717, 1.165) is 17.6 Å². The van der Waals surface area contributed by atoms with Gasteiger partial charge < -0.3 is 5.32 Å². The van der Waals surface area contributed by atoms with Crippen molar-refractivity contribution < 1.29 is 0 Å². The SMILES string of the molecule is CC(C)C(C#N)CNCc1ccc(Br)cc1. The Morgan fingerprint density at radius 3 is 2.44 bits per heavy atom. The molecular formula is C13H17BrN2. The summed E-state index contributed by atoms with van der Waals surface area (Å²) in [5.41, 5.74) is 1.24. The zero-order chi connectivity index (χ0) is 12.0.